The molecule has 1 aliphatic rings. The van der Waals surface area contributed by atoms with Crippen LogP contribution in [0, 0.1) is 0 Å². The van der Waals surface area contributed by atoms with Crippen LogP contribution in [0.1, 0.15) is 17.2 Å². The summed E-state index contributed by atoms with van der Waals surface area (Å²) in [4.78, 5) is 0. The summed E-state index contributed by atoms with van der Waals surface area (Å²) in [6.07, 6.45) is -0.818. The highest BCUT2D eigenvalue weighted by Crippen LogP contribution is 2.40. The molecule has 5 heteroatoms. The molecule has 1 heterocycles. The third-order valence-electron chi connectivity index (χ3n) is 3.10. The molecule has 20 heavy (non-hydrogen) atoms. The average molecular weight is 311 g/mol. The lowest BCUT2D eigenvalue weighted by Crippen LogP contribution is -2.16. The van der Waals surface area contributed by atoms with E-state index in [1.807, 2.05) is 0 Å². The molecule has 0 radical (unpaired) electrons. The van der Waals surface area contributed by atoms with Gasteiger partial charge in [0, 0.05) is 5.02 Å². The van der Waals surface area contributed by atoms with Crippen LogP contribution in [0.15, 0.2) is 36.4 Å². The maximum absolute atomic E-state index is 10.4. The van der Waals surface area contributed by atoms with E-state index in [1.54, 1.807) is 36.4 Å². The molecule has 2 aromatic carbocycles. The van der Waals surface area contributed by atoms with Crippen LogP contribution in [0.25, 0.3) is 0 Å². The molecule has 1 unspecified atom stereocenters. The third-order valence-corrected chi connectivity index (χ3v) is 3.62. The molecule has 0 saturated carbocycles. The fraction of sp³-hybridized carbons (Fsp3) is 0.200. The van der Waals surface area contributed by atoms with Crippen molar-refractivity contribution in [1.29, 1.82) is 0 Å². The van der Waals surface area contributed by atoms with Crippen LogP contribution in [-0.2, 0) is 0 Å². The molecule has 1 aliphatic heterocycles. The fourth-order valence-corrected chi connectivity index (χ4v) is 2.63. The largest absolute Gasteiger partial charge is 0.486 e. The van der Waals surface area contributed by atoms with E-state index in [-0.39, 0.29) is 0 Å². The number of aliphatic hydroxyl groups is 1. The zero-order chi connectivity index (χ0) is 14.1. The van der Waals surface area contributed by atoms with Gasteiger partial charge in [-0.1, -0.05) is 35.3 Å². The molecule has 3 rings (SSSR count). The lowest BCUT2D eigenvalue weighted by Gasteiger charge is -2.21. The van der Waals surface area contributed by atoms with Gasteiger partial charge in [0.25, 0.3) is 0 Å². The minimum atomic E-state index is -0.818. The number of benzene rings is 2. The Morgan fingerprint density at radius 1 is 1.00 bits per heavy atom. The van der Waals surface area contributed by atoms with Gasteiger partial charge in [-0.15, -0.1) is 0 Å². The maximum Gasteiger partial charge on any atom is 0.179 e. The van der Waals surface area contributed by atoms with E-state index in [2.05, 4.69) is 0 Å². The Morgan fingerprint density at radius 2 is 1.80 bits per heavy atom. The van der Waals surface area contributed by atoms with Crippen molar-refractivity contribution in [3.63, 3.8) is 0 Å². The Kier molecular flexibility index (Phi) is 3.74. The predicted octanol–water partition coefficient (Wildman–Crippen LogP) is 3.85. The van der Waals surface area contributed by atoms with Crippen molar-refractivity contribution in [3.8, 4) is 11.5 Å². The van der Waals surface area contributed by atoms with Crippen LogP contribution in [0.2, 0.25) is 10.0 Å². The van der Waals surface area contributed by atoms with Gasteiger partial charge in [0.2, 0.25) is 0 Å². The Hall–Kier alpha value is -1.42. The van der Waals surface area contributed by atoms with Crippen molar-refractivity contribution in [2.45, 2.75) is 6.10 Å². The average Bonchev–Trinajstić information content (AvgIpc) is 2.46. The molecule has 1 N–H and O–H groups in total. The number of hydrogen-bond acceptors (Lipinski definition) is 3. The van der Waals surface area contributed by atoms with Gasteiger partial charge in [-0.2, -0.15) is 0 Å². The van der Waals surface area contributed by atoms with Crippen molar-refractivity contribution < 1.29 is 14.6 Å². The summed E-state index contributed by atoms with van der Waals surface area (Å²) in [5.74, 6) is 1.08. The zero-order valence-corrected chi connectivity index (χ0v) is 12.0. The zero-order valence-electron chi connectivity index (χ0n) is 10.5. The topological polar surface area (TPSA) is 38.7 Å². The Bertz CT molecular complexity index is 643. The van der Waals surface area contributed by atoms with Gasteiger partial charge in [0.05, 0.1) is 5.02 Å². The molecule has 0 aromatic heterocycles. The van der Waals surface area contributed by atoms with Gasteiger partial charge in [0.1, 0.15) is 19.3 Å². The van der Waals surface area contributed by atoms with Crippen molar-refractivity contribution in [1.82, 2.24) is 0 Å². The number of rotatable bonds is 2. The first-order valence-corrected chi connectivity index (χ1v) is 6.93. The summed E-state index contributed by atoms with van der Waals surface area (Å²) >= 11 is 12.1. The lowest BCUT2D eigenvalue weighted by molar-refractivity contribution is 0.170. The standard InChI is InChI=1S/C15H12Cl2O3/c16-11-3-1-2-9(6-11)14(18)10-7-12(17)15-13(8-10)19-4-5-20-15/h1-3,6-8,14,18H,4-5H2. The van der Waals surface area contributed by atoms with Gasteiger partial charge in [-0.3, -0.25) is 0 Å². The van der Waals surface area contributed by atoms with Gasteiger partial charge >= 0.3 is 0 Å². The second kappa shape index (κ2) is 5.52. The summed E-state index contributed by atoms with van der Waals surface area (Å²) in [6.45, 7) is 0.947. The lowest BCUT2D eigenvalue weighted by atomic mass is 10.0. The van der Waals surface area contributed by atoms with Crippen molar-refractivity contribution >= 4 is 23.2 Å². The smallest absolute Gasteiger partial charge is 0.179 e. The molecule has 0 fully saturated rings. The van der Waals surface area contributed by atoms with Gasteiger partial charge in [-0.05, 0) is 35.4 Å². The van der Waals surface area contributed by atoms with Gasteiger partial charge in [-0.25, -0.2) is 0 Å². The number of hydrogen-bond donors (Lipinski definition) is 1. The number of ether oxygens (including phenoxy) is 2. The first-order chi connectivity index (χ1) is 9.65. The number of halogens is 2. The molecular weight excluding hydrogens is 299 g/mol. The first-order valence-electron chi connectivity index (χ1n) is 6.18. The van der Waals surface area contributed by atoms with E-state index in [9.17, 15) is 5.11 Å². The SMILES string of the molecule is OC(c1cccc(Cl)c1)c1cc(Cl)c2c(c1)OCCO2. The second-order valence-corrected chi connectivity index (χ2v) is 5.33. The van der Waals surface area contributed by atoms with Crippen LogP contribution in [0.5, 0.6) is 11.5 Å². The van der Waals surface area contributed by atoms with E-state index in [1.165, 1.54) is 0 Å². The van der Waals surface area contributed by atoms with Gasteiger partial charge < -0.3 is 14.6 Å². The Balaban J connectivity index is 2.00. The van der Waals surface area contributed by atoms with Crippen LogP contribution >= 0.6 is 23.2 Å². The van der Waals surface area contributed by atoms with Crippen molar-refractivity contribution in [2.24, 2.45) is 0 Å². The van der Waals surface area contributed by atoms with E-state index in [4.69, 9.17) is 32.7 Å². The number of fused-ring (bicyclic) bond motifs is 1. The maximum atomic E-state index is 10.4. The molecule has 104 valence electrons. The molecule has 0 aliphatic carbocycles. The van der Waals surface area contributed by atoms with E-state index in [0.29, 0.717) is 45.9 Å². The minimum Gasteiger partial charge on any atom is -0.486 e. The van der Waals surface area contributed by atoms with Crippen LogP contribution in [-0.4, -0.2) is 18.3 Å². The van der Waals surface area contributed by atoms with Crippen LogP contribution in [0.4, 0.5) is 0 Å². The minimum absolute atomic E-state index is 0.429. The van der Waals surface area contributed by atoms with E-state index < -0.39 is 6.10 Å². The summed E-state index contributed by atoms with van der Waals surface area (Å²) < 4.78 is 11.0. The molecule has 0 bridgehead atoms. The van der Waals surface area contributed by atoms with E-state index >= 15 is 0 Å². The molecule has 0 saturated heterocycles. The molecule has 0 amide bonds. The molecular formula is C15H12Cl2O3. The summed E-state index contributed by atoms with van der Waals surface area (Å²) in [5.41, 5.74) is 1.34. The van der Waals surface area contributed by atoms with Crippen molar-refractivity contribution in [3.05, 3.63) is 57.6 Å². The van der Waals surface area contributed by atoms with Gasteiger partial charge in [0.15, 0.2) is 11.5 Å². The molecule has 3 nitrogen and oxygen atoms in total. The summed E-state index contributed by atoms with van der Waals surface area (Å²) in [6, 6.07) is 10.5. The third kappa shape index (κ3) is 2.57. The quantitative estimate of drug-likeness (QED) is 0.915. The van der Waals surface area contributed by atoms with Crippen molar-refractivity contribution in [2.75, 3.05) is 13.2 Å². The Morgan fingerprint density at radius 3 is 2.60 bits per heavy atom. The molecule has 2 aromatic rings. The van der Waals surface area contributed by atoms with Crippen LogP contribution in [0.3, 0.4) is 0 Å². The second-order valence-electron chi connectivity index (χ2n) is 4.48. The van der Waals surface area contributed by atoms with Crippen LogP contribution < -0.4 is 9.47 Å². The number of aliphatic hydroxyl groups excluding tert-OH is 1. The molecule has 0 spiro atoms. The highest BCUT2D eigenvalue weighted by molar-refractivity contribution is 6.32. The van der Waals surface area contributed by atoms with E-state index in [0.717, 1.165) is 0 Å². The molecule has 1 atom stereocenters. The fourth-order valence-electron chi connectivity index (χ4n) is 2.16. The predicted molar refractivity (Wildman–Crippen MR) is 78.0 cm³/mol. The first kappa shape index (κ1) is 13.6. The normalized spacial score (nSPS) is 14.9. The summed E-state index contributed by atoms with van der Waals surface area (Å²) in [5, 5.41) is 11.4. The summed E-state index contributed by atoms with van der Waals surface area (Å²) in [7, 11) is 0. The highest BCUT2D eigenvalue weighted by atomic mass is 35.5. The highest BCUT2D eigenvalue weighted by Gasteiger charge is 2.20. The monoisotopic (exact) mass is 310 g/mol. The Labute approximate surface area is 126 Å².